The third kappa shape index (κ3) is 2.69. The predicted octanol–water partition coefficient (Wildman–Crippen LogP) is 2.09. The Kier molecular flexibility index (Phi) is 3.44. The van der Waals surface area contributed by atoms with Gasteiger partial charge in [-0.2, -0.15) is 0 Å². The normalized spacial score (nSPS) is 11.3. The fourth-order valence-corrected chi connectivity index (χ4v) is 1.40. The van der Waals surface area contributed by atoms with Gasteiger partial charge >= 0.3 is 0 Å². The topological polar surface area (TPSA) is 45.8 Å². The Hall–Kier alpha value is -1.12. The van der Waals surface area contributed by atoms with E-state index in [1.54, 1.807) is 6.20 Å². The van der Waals surface area contributed by atoms with Gasteiger partial charge < -0.3 is 4.98 Å². The SMILES string of the molecule is CC(C)Cc1cnc(C(C)C)c(=O)[nH]1. The molecule has 3 heteroatoms. The van der Waals surface area contributed by atoms with Crippen molar-refractivity contribution in [3.05, 3.63) is 27.9 Å². The molecule has 0 aliphatic rings. The predicted molar refractivity (Wildman–Crippen MR) is 57.5 cm³/mol. The van der Waals surface area contributed by atoms with Crippen molar-refractivity contribution in [2.24, 2.45) is 5.92 Å². The fraction of sp³-hybridized carbons (Fsp3) is 0.636. The summed E-state index contributed by atoms with van der Waals surface area (Å²) in [5.74, 6) is 0.726. The number of aromatic nitrogens is 2. The summed E-state index contributed by atoms with van der Waals surface area (Å²) in [7, 11) is 0. The third-order valence-corrected chi connectivity index (χ3v) is 2.04. The first-order valence-corrected chi connectivity index (χ1v) is 5.08. The Labute approximate surface area is 84.6 Å². The van der Waals surface area contributed by atoms with Crippen LogP contribution in [0.5, 0.6) is 0 Å². The van der Waals surface area contributed by atoms with E-state index in [1.807, 2.05) is 13.8 Å². The summed E-state index contributed by atoms with van der Waals surface area (Å²) in [6, 6.07) is 0. The van der Waals surface area contributed by atoms with Gasteiger partial charge in [0.1, 0.15) is 5.69 Å². The number of hydrogen-bond donors (Lipinski definition) is 1. The van der Waals surface area contributed by atoms with E-state index >= 15 is 0 Å². The van der Waals surface area contributed by atoms with Crippen molar-refractivity contribution in [1.82, 2.24) is 9.97 Å². The summed E-state index contributed by atoms with van der Waals surface area (Å²) in [5, 5.41) is 0. The Balaban J connectivity index is 2.95. The Morgan fingerprint density at radius 1 is 1.36 bits per heavy atom. The van der Waals surface area contributed by atoms with Crippen molar-refractivity contribution in [1.29, 1.82) is 0 Å². The van der Waals surface area contributed by atoms with Crippen LogP contribution in [0.2, 0.25) is 0 Å². The lowest BCUT2D eigenvalue weighted by molar-refractivity contribution is 0.627. The minimum atomic E-state index is -0.0434. The molecule has 0 saturated carbocycles. The molecule has 0 aliphatic heterocycles. The molecule has 0 atom stereocenters. The minimum Gasteiger partial charge on any atom is -0.323 e. The molecule has 0 radical (unpaired) electrons. The van der Waals surface area contributed by atoms with E-state index in [1.165, 1.54) is 0 Å². The number of H-pyrrole nitrogens is 1. The second-order valence-corrected chi connectivity index (χ2v) is 4.38. The highest BCUT2D eigenvalue weighted by Crippen LogP contribution is 2.07. The van der Waals surface area contributed by atoms with Crippen LogP contribution >= 0.6 is 0 Å². The van der Waals surface area contributed by atoms with Gasteiger partial charge in [-0.3, -0.25) is 9.78 Å². The van der Waals surface area contributed by atoms with E-state index < -0.39 is 0 Å². The first-order valence-electron chi connectivity index (χ1n) is 5.08. The lowest BCUT2D eigenvalue weighted by Crippen LogP contribution is -2.18. The smallest absolute Gasteiger partial charge is 0.270 e. The number of nitrogens with zero attached hydrogens (tertiary/aromatic N) is 1. The minimum absolute atomic E-state index is 0.0434. The standard InChI is InChI=1S/C11H18N2O/c1-7(2)5-9-6-12-10(8(3)4)11(14)13-9/h6-8H,5H2,1-4H3,(H,13,14). The molecule has 0 fully saturated rings. The van der Waals surface area contributed by atoms with Crippen LogP contribution in [-0.4, -0.2) is 9.97 Å². The molecule has 0 bridgehead atoms. The third-order valence-electron chi connectivity index (χ3n) is 2.04. The second-order valence-electron chi connectivity index (χ2n) is 4.38. The van der Waals surface area contributed by atoms with Gasteiger partial charge in [-0.1, -0.05) is 27.7 Å². The van der Waals surface area contributed by atoms with Crippen LogP contribution < -0.4 is 5.56 Å². The summed E-state index contributed by atoms with van der Waals surface area (Å²) in [6.45, 7) is 8.18. The summed E-state index contributed by atoms with van der Waals surface area (Å²) < 4.78 is 0. The molecule has 0 aromatic carbocycles. The number of hydrogen-bond acceptors (Lipinski definition) is 2. The molecule has 0 spiro atoms. The van der Waals surface area contributed by atoms with E-state index in [-0.39, 0.29) is 11.5 Å². The van der Waals surface area contributed by atoms with Crippen LogP contribution in [0.3, 0.4) is 0 Å². The van der Waals surface area contributed by atoms with Gasteiger partial charge in [-0.05, 0) is 12.3 Å². The summed E-state index contributed by atoms with van der Waals surface area (Å²) in [6.07, 6.45) is 2.65. The molecule has 0 saturated heterocycles. The highest BCUT2D eigenvalue weighted by Gasteiger charge is 2.07. The molecule has 0 amide bonds. The molecule has 0 aliphatic carbocycles. The second kappa shape index (κ2) is 4.40. The first-order chi connectivity index (χ1) is 6.50. The molecule has 1 aromatic heterocycles. The van der Waals surface area contributed by atoms with Gasteiger partial charge in [0.05, 0.1) is 0 Å². The average Bonchev–Trinajstić information content (AvgIpc) is 2.01. The van der Waals surface area contributed by atoms with Crippen LogP contribution in [0, 0.1) is 5.92 Å². The molecule has 0 unspecified atom stereocenters. The van der Waals surface area contributed by atoms with Gasteiger partial charge in [0.15, 0.2) is 0 Å². The maximum atomic E-state index is 11.5. The summed E-state index contributed by atoms with van der Waals surface area (Å²) >= 11 is 0. The maximum Gasteiger partial charge on any atom is 0.270 e. The Morgan fingerprint density at radius 3 is 2.43 bits per heavy atom. The quantitative estimate of drug-likeness (QED) is 0.800. The monoisotopic (exact) mass is 194 g/mol. The van der Waals surface area contributed by atoms with Crippen LogP contribution in [-0.2, 0) is 6.42 Å². The summed E-state index contributed by atoms with van der Waals surface area (Å²) in [5.41, 5.74) is 1.50. The molecule has 1 heterocycles. The van der Waals surface area contributed by atoms with Gasteiger partial charge in [-0.25, -0.2) is 0 Å². The van der Waals surface area contributed by atoms with Crippen molar-refractivity contribution in [3.63, 3.8) is 0 Å². The lowest BCUT2D eigenvalue weighted by atomic mass is 10.1. The van der Waals surface area contributed by atoms with E-state index in [2.05, 4.69) is 23.8 Å². The van der Waals surface area contributed by atoms with Crippen molar-refractivity contribution in [3.8, 4) is 0 Å². The highest BCUT2D eigenvalue weighted by atomic mass is 16.1. The molecule has 14 heavy (non-hydrogen) atoms. The van der Waals surface area contributed by atoms with E-state index in [0.29, 0.717) is 11.6 Å². The van der Waals surface area contributed by atoms with E-state index in [9.17, 15) is 4.79 Å². The first kappa shape index (κ1) is 11.0. The van der Waals surface area contributed by atoms with Gasteiger partial charge in [0.2, 0.25) is 0 Å². The van der Waals surface area contributed by atoms with Gasteiger partial charge in [0, 0.05) is 17.8 Å². The number of aromatic amines is 1. The van der Waals surface area contributed by atoms with Crippen LogP contribution in [0.4, 0.5) is 0 Å². The summed E-state index contributed by atoms with van der Waals surface area (Å²) in [4.78, 5) is 18.6. The molecule has 3 nitrogen and oxygen atoms in total. The largest absolute Gasteiger partial charge is 0.323 e. The molecule has 1 aromatic rings. The molecule has 1 rings (SSSR count). The van der Waals surface area contributed by atoms with Gasteiger partial charge in [-0.15, -0.1) is 0 Å². The zero-order valence-electron chi connectivity index (χ0n) is 9.29. The molecule has 1 N–H and O–H groups in total. The zero-order chi connectivity index (χ0) is 10.7. The van der Waals surface area contributed by atoms with Crippen LogP contribution in [0.15, 0.2) is 11.0 Å². The average molecular weight is 194 g/mol. The van der Waals surface area contributed by atoms with Crippen molar-refractivity contribution in [2.45, 2.75) is 40.0 Å². The van der Waals surface area contributed by atoms with E-state index in [4.69, 9.17) is 0 Å². The Morgan fingerprint density at radius 2 is 2.00 bits per heavy atom. The van der Waals surface area contributed by atoms with Crippen molar-refractivity contribution < 1.29 is 0 Å². The molecule has 78 valence electrons. The number of nitrogens with one attached hydrogen (secondary N) is 1. The lowest BCUT2D eigenvalue weighted by Gasteiger charge is -2.06. The molecular weight excluding hydrogens is 176 g/mol. The van der Waals surface area contributed by atoms with E-state index in [0.717, 1.165) is 12.1 Å². The zero-order valence-corrected chi connectivity index (χ0v) is 9.29. The fourth-order valence-electron chi connectivity index (χ4n) is 1.40. The van der Waals surface area contributed by atoms with Crippen molar-refractivity contribution in [2.75, 3.05) is 0 Å². The van der Waals surface area contributed by atoms with Gasteiger partial charge in [0.25, 0.3) is 5.56 Å². The van der Waals surface area contributed by atoms with Crippen molar-refractivity contribution >= 4 is 0 Å². The number of rotatable bonds is 3. The highest BCUT2D eigenvalue weighted by molar-refractivity contribution is 5.06. The maximum absolute atomic E-state index is 11.5. The van der Waals surface area contributed by atoms with Crippen LogP contribution in [0.1, 0.15) is 45.0 Å². The molecular formula is C11H18N2O. The van der Waals surface area contributed by atoms with Crippen LogP contribution in [0.25, 0.3) is 0 Å². The Bertz CT molecular complexity index is 353.